The largest absolute Gasteiger partial charge is 0.377 e. The maximum Gasteiger partial charge on any atom is 0.257 e. The van der Waals surface area contributed by atoms with Crippen molar-refractivity contribution in [1.82, 2.24) is 4.98 Å². The summed E-state index contributed by atoms with van der Waals surface area (Å²) < 4.78 is 26.6. The Labute approximate surface area is 149 Å². The van der Waals surface area contributed by atoms with Crippen molar-refractivity contribution in [3.8, 4) is 0 Å². The van der Waals surface area contributed by atoms with E-state index in [1.165, 1.54) is 12.3 Å². The van der Waals surface area contributed by atoms with Gasteiger partial charge < -0.3 is 10.6 Å². The molecule has 3 aromatic rings. The van der Waals surface area contributed by atoms with Gasteiger partial charge in [-0.1, -0.05) is 30.3 Å². The number of halogens is 2. The average Bonchev–Trinajstić information content (AvgIpc) is 2.65. The summed E-state index contributed by atoms with van der Waals surface area (Å²) in [5.41, 5.74) is 1.93. The summed E-state index contributed by atoms with van der Waals surface area (Å²) in [4.78, 5) is 16.4. The summed E-state index contributed by atoms with van der Waals surface area (Å²) in [6.45, 7) is 2.00. The van der Waals surface area contributed by atoms with Crippen molar-refractivity contribution in [2.75, 3.05) is 10.6 Å². The number of carbonyl (C=O) groups excluding carboxylic acids is 1. The number of rotatable bonds is 5. The fourth-order valence-corrected chi connectivity index (χ4v) is 2.50. The first-order chi connectivity index (χ1) is 12.5. The highest BCUT2D eigenvalue weighted by Crippen LogP contribution is 2.20. The minimum absolute atomic E-state index is 0.0193. The molecule has 1 aromatic heterocycles. The molecule has 132 valence electrons. The average molecular weight is 353 g/mol. The van der Waals surface area contributed by atoms with Gasteiger partial charge in [0, 0.05) is 24.5 Å². The van der Waals surface area contributed by atoms with Crippen LogP contribution in [0.1, 0.15) is 28.9 Å². The highest BCUT2D eigenvalue weighted by Gasteiger charge is 2.12. The normalized spacial score (nSPS) is 11.7. The third-order valence-electron chi connectivity index (χ3n) is 3.86. The molecular formula is C20H17F2N3O. The minimum atomic E-state index is -0.835. The Morgan fingerprint density at radius 2 is 1.81 bits per heavy atom. The molecular weight excluding hydrogens is 336 g/mol. The molecule has 0 fully saturated rings. The van der Waals surface area contributed by atoms with Gasteiger partial charge in [-0.25, -0.2) is 8.78 Å². The van der Waals surface area contributed by atoms with Gasteiger partial charge in [-0.3, -0.25) is 9.78 Å². The van der Waals surface area contributed by atoms with Crippen LogP contribution in [0.4, 0.5) is 20.2 Å². The Hall–Kier alpha value is -3.28. The van der Waals surface area contributed by atoms with E-state index in [9.17, 15) is 13.6 Å². The van der Waals surface area contributed by atoms with E-state index in [0.717, 1.165) is 11.6 Å². The summed E-state index contributed by atoms with van der Waals surface area (Å²) in [5.74, 6) is -2.07. The van der Waals surface area contributed by atoms with Crippen LogP contribution in [0.25, 0.3) is 0 Å². The third kappa shape index (κ3) is 4.22. The number of nitrogens with zero attached hydrogens (tertiary/aromatic N) is 1. The van der Waals surface area contributed by atoms with Crippen LogP contribution in [-0.2, 0) is 0 Å². The Morgan fingerprint density at radius 1 is 1.04 bits per heavy atom. The van der Waals surface area contributed by atoms with Crippen LogP contribution in [0.2, 0.25) is 0 Å². The monoisotopic (exact) mass is 353 g/mol. The molecule has 2 aromatic carbocycles. The number of benzene rings is 2. The molecule has 0 saturated carbocycles. The zero-order valence-electron chi connectivity index (χ0n) is 14.0. The maximum absolute atomic E-state index is 13.7. The molecule has 3 rings (SSSR count). The molecule has 1 unspecified atom stereocenters. The van der Waals surface area contributed by atoms with Gasteiger partial charge in [0.2, 0.25) is 0 Å². The number of hydrogen-bond acceptors (Lipinski definition) is 3. The van der Waals surface area contributed by atoms with Crippen molar-refractivity contribution in [1.29, 1.82) is 0 Å². The van der Waals surface area contributed by atoms with Crippen molar-refractivity contribution in [3.05, 3.63) is 89.8 Å². The Kier molecular flexibility index (Phi) is 5.22. The SMILES string of the molecule is CC(Nc1cncc(C(=O)Nc2ccc(F)cc2F)c1)c1ccccc1. The van der Waals surface area contributed by atoms with E-state index in [4.69, 9.17) is 0 Å². The molecule has 2 N–H and O–H groups in total. The molecule has 0 bridgehead atoms. The van der Waals surface area contributed by atoms with Gasteiger partial charge >= 0.3 is 0 Å². The molecule has 6 heteroatoms. The van der Waals surface area contributed by atoms with E-state index in [0.29, 0.717) is 11.8 Å². The number of pyridine rings is 1. The second-order valence-electron chi connectivity index (χ2n) is 5.82. The lowest BCUT2D eigenvalue weighted by atomic mass is 10.1. The van der Waals surface area contributed by atoms with E-state index in [2.05, 4.69) is 15.6 Å². The molecule has 0 spiro atoms. The van der Waals surface area contributed by atoms with Gasteiger partial charge in [-0.2, -0.15) is 0 Å². The van der Waals surface area contributed by atoms with Crippen molar-refractivity contribution < 1.29 is 13.6 Å². The fraction of sp³-hybridized carbons (Fsp3) is 0.100. The van der Waals surface area contributed by atoms with Crippen molar-refractivity contribution >= 4 is 17.3 Å². The predicted molar refractivity (Wildman–Crippen MR) is 97.0 cm³/mol. The molecule has 1 heterocycles. The topological polar surface area (TPSA) is 54.0 Å². The number of hydrogen-bond donors (Lipinski definition) is 2. The van der Waals surface area contributed by atoms with Crippen LogP contribution in [0.5, 0.6) is 0 Å². The molecule has 4 nitrogen and oxygen atoms in total. The molecule has 0 aliphatic rings. The van der Waals surface area contributed by atoms with Crippen LogP contribution < -0.4 is 10.6 Å². The summed E-state index contributed by atoms with van der Waals surface area (Å²) in [5, 5.41) is 5.69. The fourth-order valence-electron chi connectivity index (χ4n) is 2.50. The third-order valence-corrected chi connectivity index (χ3v) is 3.86. The zero-order chi connectivity index (χ0) is 18.5. The van der Waals surface area contributed by atoms with Crippen LogP contribution in [0.15, 0.2) is 67.0 Å². The lowest BCUT2D eigenvalue weighted by Gasteiger charge is -2.16. The Morgan fingerprint density at radius 3 is 2.54 bits per heavy atom. The molecule has 0 aliphatic carbocycles. The first-order valence-electron chi connectivity index (χ1n) is 8.06. The van der Waals surface area contributed by atoms with Crippen LogP contribution in [0.3, 0.4) is 0 Å². The van der Waals surface area contributed by atoms with Crippen molar-refractivity contribution in [2.24, 2.45) is 0 Å². The maximum atomic E-state index is 13.7. The van der Waals surface area contributed by atoms with E-state index < -0.39 is 17.5 Å². The number of nitrogens with one attached hydrogen (secondary N) is 2. The lowest BCUT2D eigenvalue weighted by molar-refractivity contribution is 0.102. The quantitative estimate of drug-likeness (QED) is 0.694. The molecule has 26 heavy (non-hydrogen) atoms. The van der Waals surface area contributed by atoms with Gasteiger partial charge in [0.05, 0.1) is 16.9 Å². The minimum Gasteiger partial charge on any atom is -0.377 e. The van der Waals surface area contributed by atoms with Crippen LogP contribution >= 0.6 is 0 Å². The van der Waals surface area contributed by atoms with Gasteiger partial charge in [0.15, 0.2) is 0 Å². The van der Waals surface area contributed by atoms with E-state index in [1.54, 1.807) is 12.3 Å². The van der Waals surface area contributed by atoms with E-state index >= 15 is 0 Å². The first kappa shape index (κ1) is 17.5. The highest BCUT2D eigenvalue weighted by molar-refractivity contribution is 6.04. The summed E-state index contributed by atoms with van der Waals surface area (Å²) >= 11 is 0. The number of carbonyl (C=O) groups is 1. The Balaban J connectivity index is 1.73. The van der Waals surface area contributed by atoms with E-state index in [1.807, 2.05) is 37.3 Å². The first-order valence-corrected chi connectivity index (χ1v) is 8.06. The predicted octanol–water partition coefficient (Wildman–Crippen LogP) is 4.79. The highest BCUT2D eigenvalue weighted by atomic mass is 19.1. The molecule has 0 radical (unpaired) electrons. The molecule has 0 aliphatic heterocycles. The second kappa shape index (κ2) is 7.74. The van der Waals surface area contributed by atoms with Crippen LogP contribution in [-0.4, -0.2) is 10.9 Å². The van der Waals surface area contributed by atoms with Crippen LogP contribution in [0, 0.1) is 11.6 Å². The Bertz CT molecular complexity index is 916. The van der Waals surface area contributed by atoms with Gasteiger partial charge in [-0.15, -0.1) is 0 Å². The molecule has 0 saturated heterocycles. The second-order valence-corrected chi connectivity index (χ2v) is 5.82. The summed E-state index contributed by atoms with van der Waals surface area (Å²) in [7, 11) is 0. The standard InChI is InChI=1S/C20H17F2N3O/c1-13(14-5-3-2-4-6-14)24-17-9-15(11-23-12-17)20(26)25-19-8-7-16(21)10-18(19)22/h2-13,24H,1H3,(H,25,26). The molecule has 1 atom stereocenters. The zero-order valence-corrected chi connectivity index (χ0v) is 14.0. The molecule has 1 amide bonds. The van der Waals surface area contributed by atoms with E-state index in [-0.39, 0.29) is 17.3 Å². The smallest absolute Gasteiger partial charge is 0.257 e. The van der Waals surface area contributed by atoms with Gasteiger partial charge in [0.1, 0.15) is 11.6 Å². The summed E-state index contributed by atoms with van der Waals surface area (Å²) in [6.07, 6.45) is 2.99. The summed E-state index contributed by atoms with van der Waals surface area (Å²) in [6, 6.07) is 14.5. The number of amides is 1. The van der Waals surface area contributed by atoms with Gasteiger partial charge in [0.25, 0.3) is 5.91 Å². The van der Waals surface area contributed by atoms with Crippen molar-refractivity contribution in [3.63, 3.8) is 0 Å². The number of anilines is 2. The lowest BCUT2D eigenvalue weighted by Crippen LogP contribution is -2.14. The number of aromatic nitrogens is 1. The van der Waals surface area contributed by atoms with Crippen molar-refractivity contribution in [2.45, 2.75) is 13.0 Å². The van der Waals surface area contributed by atoms with Gasteiger partial charge in [-0.05, 0) is 30.7 Å².